The lowest BCUT2D eigenvalue weighted by Gasteiger charge is -2.20. The first-order chi connectivity index (χ1) is 8.83. The normalized spacial score (nSPS) is 10.8. The van der Waals surface area contributed by atoms with Crippen molar-refractivity contribution in [2.75, 3.05) is 6.61 Å². The Kier molecular flexibility index (Phi) is 4.90. The molecular weight excluding hydrogens is 244 g/mol. The van der Waals surface area contributed by atoms with E-state index in [2.05, 4.69) is 11.2 Å². The molecule has 0 atom stereocenters. The summed E-state index contributed by atoms with van der Waals surface area (Å²) in [6.45, 7) is 6.67. The fraction of sp³-hybridized carbons (Fsp3) is 0.429. The van der Waals surface area contributed by atoms with E-state index >= 15 is 0 Å². The molecule has 5 nitrogen and oxygen atoms in total. The van der Waals surface area contributed by atoms with Gasteiger partial charge in [0.15, 0.2) is 5.75 Å². The minimum Gasteiger partial charge on any atom is -0.474 e. The van der Waals surface area contributed by atoms with Gasteiger partial charge in [0.25, 0.3) is 0 Å². The highest BCUT2D eigenvalue weighted by molar-refractivity contribution is 5.48. The molecule has 0 heterocycles. The summed E-state index contributed by atoms with van der Waals surface area (Å²) in [4.78, 5) is 10.5. The Morgan fingerprint density at radius 2 is 2.16 bits per heavy atom. The summed E-state index contributed by atoms with van der Waals surface area (Å²) in [7, 11) is 0. The summed E-state index contributed by atoms with van der Waals surface area (Å²) in [6, 6.07) is 4.87. The van der Waals surface area contributed by atoms with Gasteiger partial charge in [-0.3, -0.25) is 10.1 Å². The van der Waals surface area contributed by atoms with Crippen LogP contribution in [0.5, 0.6) is 5.75 Å². The Hall–Kier alpha value is -2.06. The van der Waals surface area contributed by atoms with Gasteiger partial charge in [0.2, 0.25) is 0 Å². The van der Waals surface area contributed by atoms with Crippen LogP contribution in [0.2, 0.25) is 0 Å². The van der Waals surface area contributed by atoms with Crippen molar-refractivity contribution < 1.29 is 9.66 Å². The molecule has 0 aromatic heterocycles. The van der Waals surface area contributed by atoms with Gasteiger partial charge in [0.05, 0.1) is 4.92 Å². The predicted octanol–water partition coefficient (Wildman–Crippen LogP) is 2.49. The van der Waals surface area contributed by atoms with E-state index in [0.717, 1.165) is 5.56 Å². The summed E-state index contributed by atoms with van der Waals surface area (Å²) in [5, 5.41) is 14.3. The number of rotatable bonds is 5. The lowest BCUT2D eigenvalue weighted by Crippen LogP contribution is -2.35. The van der Waals surface area contributed by atoms with Crippen molar-refractivity contribution in [1.29, 1.82) is 0 Å². The highest BCUT2D eigenvalue weighted by Crippen LogP contribution is 2.28. The molecule has 1 rings (SSSR count). The number of nitro groups is 1. The number of terminal acetylenes is 1. The minimum absolute atomic E-state index is 0.0143. The van der Waals surface area contributed by atoms with E-state index in [1.165, 1.54) is 6.07 Å². The van der Waals surface area contributed by atoms with E-state index in [1.54, 1.807) is 12.1 Å². The zero-order chi connectivity index (χ0) is 14.5. The van der Waals surface area contributed by atoms with Crippen LogP contribution in [0.1, 0.15) is 26.3 Å². The molecule has 0 radical (unpaired) electrons. The molecule has 0 bridgehead atoms. The fourth-order valence-corrected chi connectivity index (χ4v) is 1.42. The van der Waals surface area contributed by atoms with Crippen LogP contribution in [-0.4, -0.2) is 17.1 Å². The maximum atomic E-state index is 11.0. The molecule has 102 valence electrons. The van der Waals surface area contributed by atoms with Crippen LogP contribution >= 0.6 is 0 Å². The van der Waals surface area contributed by atoms with Crippen molar-refractivity contribution in [3.05, 3.63) is 33.9 Å². The lowest BCUT2D eigenvalue weighted by atomic mass is 10.1. The molecule has 0 aliphatic carbocycles. The van der Waals surface area contributed by atoms with Gasteiger partial charge in [0, 0.05) is 18.2 Å². The van der Waals surface area contributed by atoms with E-state index in [0.29, 0.717) is 6.54 Å². The highest BCUT2D eigenvalue weighted by Gasteiger charge is 2.16. The molecule has 19 heavy (non-hydrogen) atoms. The van der Waals surface area contributed by atoms with Gasteiger partial charge in [0.1, 0.15) is 6.61 Å². The molecule has 0 fully saturated rings. The molecule has 0 aliphatic rings. The van der Waals surface area contributed by atoms with Crippen LogP contribution in [0.15, 0.2) is 18.2 Å². The number of hydrogen-bond acceptors (Lipinski definition) is 4. The summed E-state index contributed by atoms with van der Waals surface area (Å²) >= 11 is 0. The molecule has 0 saturated carbocycles. The van der Waals surface area contributed by atoms with Gasteiger partial charge in [-0.25, -0.2) is 0 Å². The Balaban J connectivity index is 2.90. The highest BCUT2D eigenvalue weighted by atomic mass is 16.6. The topological polar surface area (TPSA) is 64.4 Å². The Morgan fingerprint density at radius 1 is 1.47 bits per heavy atom. The molecule has 0 amide bonds. The van der Waals surface area contributed by atoms with E-state index in [1.807, 2.05) is 20.8 Å². The standard InChI is InChI=1S/C14H18N2O3/c1-5-8-19-13-7-6-11(9-12(13)16(17)18)10-15-14(2,3)4/h1,6-7,9,15H,8,10H2,2-4H3. The van der Waals surface area contributed by atoms with E-state index in [4.69, 9.17) is 11.2 Å². The summed E-state index contributed by atoms with van der Waals surface area (Å²) < 4.78 is 5.15. The lowest BCUT2D eigenvalue weighted by molar-refractivity contribution is -0.385. The second-order valence-electron chi connectivity index (χ2n) is 5.16. The second-order valence-corrected chi connectivity index (χ2v) is 5.16. The van der Waals surface area contributed by atoms with Crippen molar-refractivity contribution in [1.82, 2.24) is 5.32 Å². The van der Waals surface area contributed by atoms with E-state index in [-0.39, 0.29) is 23.6 Å². The number of nitro benzene ring substituents is 1. The van der Waals surface area contributed by atoms with Crippen LogP contribution in [0.3, 0.4) is 0 Å². The predicted molar refractivity (Wildman–Crippen MR) is 74.0 cm³/mol. The van der Waals surface area contributed by atoms with Gasteiger partial charge in [-0.05, 0) is 32.4 Å². The van der Waals surface area contributed by atoms with Crippen molar-refractivity contribution in [3.8, 4) is 18.1 Å². The Morgan fingerprint density at radius 3 is 2.68 bits per heavy atom. The third-order valence-electron chi connectivity index (χ3n) is 2.35. The number of nitrogens with one attached hydrogen (secondary N) is 1. The quantitative estimate of drug-likeness (QED) is 0.503. The Labute approximate surface area is 113 Å². The molecule has 1 aromatic carbocycles. The summed E-state index contributed by atoms with van der Waals surface area (Å²) in [5.41, 5.74) is 0.714. The van der Waals surface area contributed by atoms with Gasteiger partial charge in [-0.1, -0.05) is 12.0 Å². The average molecular weight is 262 g/mol. The SMILES string of the molecule is C#CCOc1ccc(CNC(C)(C)C)cc1[N+](=O)[O-]. The molecule has 1 N–H and O–H groups in total. The van der Waals surface area contributed by atoms with Crippen LogP contribution < -0.4 is 10.1 Å². The maximum absolute atomic E-state index is 11.0. The van der Waals surface area contributed by atoms with Gasteiger partial charge >= 0.3 is 5.69 Å². The van der Waals surface area contributed by atoms with E-state index in [9.17, 15) is 10.1 Å². The van der Waals surface area contributed by atoms with Gasteiger partial charge in [-0.15, -0.1) is 6.42 Å². The molecule has 0 aliphatic heterocycles. The third-order valence-corrected chi connectivity index (χ3v) is 2.35. The van der Waals surface area contributed by atoms with Crippen molar-refractivity contribution in [2.45, 2.75) is 32.9 Å². The largest absolute Gasteiger partial charge is 0.474 e. The molecule has 1 aromatic rings. The van der Waals surface area contributed by atoms with Gasteiger partial charge < -0.3 is 10.1 Å². The van der Waals surface area contributed by atoms with Crippen molar-refractivity contribution in [2.24, 2.45) is 0 Å². The summed E-state index contributed by atoms with van der Waals surface area (Å²) in [6.07, 6.45) is 5.07. The molecule has 0 unspecified atom stereocenters. The zero-order valence-corrected chi connectivity index (χ0v) is 11.4. The summed E-state index contributed by atoms with van der Waals surface area (Å²) in [5.74, 6) is 2.48. The van der Waals surface area contributed by atoms with Crippen molar-refractivity contribution >= 4 is 5.69 Å². The molecule has 0 spiro atoms. The maximum Gasteiger partial charge on any atom is 0.311 e. The number of ether oxygens (including phenoxy) is 1. The fourth-order valence-electron chi connectivity index (χ4n) is 1.42. The number of benzene rings is 1. The molecule has 0 saturated heterocycles. The monoisotopic (exact) mass is 262 g/mol. The smallest absolute Gasteiger partial charge is 0.311 e. The number of hydrogen-bond donors (Lipinski definition) is 1. The first-order valence-corrected chi connectivity index (χ1v) is 5.92. The zero-order valence-electron chi connectivity index (χ0n) is 11.4. The minimum atomic E-state index is -0.466. The first-order valence-electron chi connectivity index (χ1n) is 5.92. The first kappa shape index (κ1) is 15.0. The van der Waals surface area contributed by atoms with Crippen molar-refractivity contribution in [3.63, 3.8) is 0 Å². The molecule has 5 heteroatoms. The number of nitrogens with zero attached hydrogens (tertiary/aromatic N) is 1. The van der Waals surface area contributed by atoms with Crippen LogP contribution in [-0.2, 0) is 6.54 Å². The average Bonchev–Trinajstić information content (AvgIpc) is 2.33. The van der Waals surface area contributed by atoms with Crippen LogP contribution in [0.25, 0.3) is 0 Å². The Bertz CT molecular complexity index is 498. The van der Waals surface area contributed by atoms with E-state index < -0.39 is 4.92 Å². The second kappa shape index (κ2) is 6.21. The van der Waals surface area contributed by atoms with Crippen LogP contribution in [0.4, 0.5) is 5.69 Å². The third kappa shape index (κ3) is 4.98. The van der Waals surface area contributed by atoms with Gasteiger partial charge in [-0.2, -0.15) is 0 Å². The van der Waals surface area contributed by atoms with Crippen LogP contribution in [0, 0.1) is 22.5 Å². The molecular formula is C14H18N2O3.